The number of anilines is 2. The molecule has 0 atom stereocenters. The number of nitrogens with one attached hydrogen (secondary N) is 2. The maximum absolute atomic E-state index is 12.2. The van der Waals surface area contributed by atoms with Crippen LogP contribution in [0.3, 0.4) is 0 Å². The summed E-state index contributed by atoms with van der Waals surface area (Å²) in [7, 11) is 0. The Morgan fingerprint density at radius 2 is 1.95 bits per heavy atom. The smallest absolute Gasteiger partial charge is 0.272 e. The van der Waals surface area contributed by atoms with Crippen LogP contribution in [0.1, 0.15) is 10.5 Å². The van der Waals surface area contributed by atoms with Gasteiger partial charge in [-0.05, 0) is 52.9 Å². The molecule has 4 nitrogen and oxygen atoms in total. The fourth-order valence-corrected chi connectivity index (χ4v) is 2.61. The first-order valence-electron chi connectivity index (χ1n) is 6.07. The third-order valence-corrected chi connectivity index (χ3v) is 3.69. The third kappa shape index (κ3) is 2.49. The van der Waals surface area contributed by atoms with Crippen LogP contribution in [0.4, 0.5) is 11.4 Å². The third-order valence-electron chi connectivity index (χ3n) is 3.02. The Hall–Kier alpha value is -2.02. The lowest BCUT2D eigenvalue weighted by Gasteiger charge is -2.03. The molecular weight excluding hydrogens is 365 g/mol. The Balaban J connectivity index is 1.91. The van der Waals surface area contributed by atoms with Gasteiger partial charge >= 0.3 is 0 Å². The van der Waals surface area contributed by atoms with Gasteiger partial charge in [-0.3, -0.25) is 4.79 Å². The highest BCUT2D eigenvalue weighted by atomic mass is 127. The molecule has 3 rings (SSSR count). The summed E-state index contributed by atoms with van der Waals surface area (Å²) >= 11 is 2.21. The molecule has 1 heterocycles. The van der Waals surface area contributed by atoms with Gasteiger partial charge in [0.1, 0.15) is 5.69 Å². The summed E-state index contributed by atoms with van der Waals surface area (Å²) < 4.78 is 1.07. The van der Waals surface area contributed by atoms with Crippen LogP contribution < -0.4 is 11.1 Å². The molecule has 0 radical (unpaired) electrons. The van der Waals surface area contributed by atoms with E-state index in [4.69, 9.17) is 5.73 Å². The van der Waals surface area contributed by atoms with Crippen molar-refractivity contribution in [3.8, 4) is 0 Å². The van der Waals surface area contributed by atoms with Crippen LogP contribution in [-0.4, -0.2) is 10.9 Å². The summed E-state index contributed by atoms with van der Waals surface area (Å²) in [5.41, 5.74) is 8.57. The van der Waals surface area contributed by atoms with Crippen molar-refractivity contribution >= 4 is 50.8 Å². The molecular formula is C15H12IN3O. The Bertz CT molecular complexity index is 795. The van der Waals surface area contributed by atoms with Crippen molar-refractivity contribution in [3.63, 3.8) is 0 Å². The predicted molar refractivity (Wildman–Crippen MR) is 89.8 cm³/mol. The van der Waals surface area contributed by atoms with Crippen molar-refractivity contribution in [3.05, 3.63) is 57.8 Å². The molecule has 0 aliphatic carbocycles. The maximum atomic E-state index is 12.2. The Labute approximate surface area is 129 Å². The first-order valence-corrected chi connectivity index (χ1v) is 7.15. The fraction of sp³-hybridized carbons (Fsp3) is 0. The minimum absolute atomic E-state index is 0.178. The highest BCUT2D eigenvalue weighted by Crippen LogP contribution is 2.22. The summed E-state index contributed by atoms with van der Waals surface area (Å²) in [5, 5.41) is 3.79. The summed E-state index contributed by atoms with van der Waals surface area (Å²) in [6.45, 7) is 0. The number of nitrogens with two attached hydrogens (primary N) is 1. The number of hydrogen-bond donors (Lipinski definition) is 3. The zero-order valence-electron chi connectivity index (χ0n) is 10.5. The number of nitrogen functional groups attached to an aromatic ring is 1. The molecule has 2 aromatic carbocycles. The monoisotopic (exact) mass is 377 g/mol. The summed E-state index contributed by atoms with van der Waals surface area (Å²) in [6.07, 6.45) is 0. The van der Waals surface area contributed by atoms with Gasteiger partial charge in [0.2, 0.25) is 0 Å². The van der Waals surface area contributed by atoms with E-state index in [1.54, 1.807) is 12.1 Å². The van der Waals surface area contributed by atoms with E-state index in [1.807, 2.05) is 36.4 Å². The van der Waals surface area contributed by atoms with Gasteiger partial charge in [0.25, 0.3) is 5.91 Å². The second-order valence-electron chi connectivity index (χ2n) is 4.46. The number of rotatable bonds is 2. The zero-order valence-corrected chi connectivity index (χ0v) is 12.6. The average Bonchev–Trinajstić information content (AvgIpc) is 2.84. The van der Waals surface area contributed by atoms with E-state index in [0.29, 0.717) is 11.4 Å². The summed E-state index contributed by atoms with van der Waals surface area (Å²) in [4.78, 5) is 15.3. The molecule has 0 unspecified atom stereocenters. The van der Waals surface area contributed by atoms with Crippen molar-refractivity contribution in [1.82, 2.24) is 4.98 Å². The number of amides is 1. The number of hydrogen-bond acceptors (Lipinski definition) is 2. The quantitative estimate of drug-likeness (QED) is 0.472. The SMILES string of the molecule is Nc1cccc2cc(C(=O)Nc3cccc(I)c3)[nH]c12. The number of carbonyl (C=O) groups excluding carboxylic acids is 1. The van der Waals surface area contributed by atoms with E-state index in [1.165, 1.54) is 0 Å². The number of para-hydroxylation sites is 1. The van der Waals surface area contributed by atoms with Gasteiger partial charge in [-0.15, -0.1) is 0 Å². The molecule has 0 saturated carbocycles. The average molecular weight is 377 g/mol. The summed E-state index contributed by atoms with van der Waals surface area (Å²) in [5.74, 6) is -0.178. The van der Waals surface area contributed by atoms with Crippen molar-refractivity contribution in [2.24, 2.45) is 0 Å². The number of aromatic amines is 1. The first-order chi connectivity index (χ1) is 9.63. The first kappa shape index (κ1) is 13.0. The lowest BCUT2D eigenvalue weighted by atomic mass is 10.2. The molecule has 3 aromatic rings. The van der Waals surface area contributed by atoms with E-state index in [9.17, 15) is 4.79 Å². The van der Waals surface area contributed by atoms with Crippen molar-refractivity contribution < 1.29 is 4.79 Å². The predicted octanol–water partition coefficient (Wildman–Crippen LogP) is 3.61. The zero-order chi connectivity index (χ0) is 14.1. The van der Waals surface area contributed by atoms with E-state index < -0.39 is 0 Å². The van der Waals surface area contributed by atoms with Crippen LogP contribution in [-0.2, 0) is 0 Å². The number of halogens is 1. The van der Waals surface area contributed by atoms with Crippen LogP contribution in [0.15, 0.2) is 48.5 Å². The van der Waals surface area contributed by atoms with Gasteiger partial charge in [-0.25, -0.2) is 0 Å². The van der Waals surface area contributed by atoms with Crippen LogP contribution in [0.2, 0.25) is 0 Å². The second-order valence-corrected chi connectivity index (χ2v) is 5.70. The van der Waals surface area contributed by atoms with Crippen molar-refractivity contribution in [1.29, 1.82) is 0 Å². The summed E-state index contributed by atoms with van der Waals surface area (Å²) in [6, 6.07) is 15.0. The van der Waals surface area contributed by atoms with Gasteiger partial charge in [0, 0.05) is 14.6 Å². The van der Waals surface area contributed by atoms with E-state index in [2.05, 4.69) is 32.9 Å². The van der Waals surface area contributed by atoms with Crippen LogP contribution in [0, 0.1) is 3.57 Å². The largest absolute Gasteiger partial charge is 0.397 e. The number of aromatic nitrogens is 1. The normalized spacial score (nSPS) is 10.7. The molecule has 20 heavy (non-hydrogen) atoms. The van der Waals surface area contributed by atoms with Gasteiger partial charge < -0.3 is 16.0 Å². The van der Waals surface area contributed by atoms with E-state index >= 15 is 0 Å². The Morgan fingerprint density at radius 1 is 1.15 bits per heavy atom. The van der Waals surface area contributed by atoms with Crippen molar-refractivity contribution in [2.75, 3.05) is 11.1 Å². The minimum atomic E-state index is -0.178. The van der Waals surface area contributed by atoms with Crippen LogP contribution >= 0.6 is 22.6 Å². The molecule has 0 bridgehead atoms. The molecule has 0 fully saturated rings. The maximum Gasteiger partial charge on any atom is 0.272 e. The van der Waals surface area contributed by atoms with E-state index in [-0.39, 0.29) is 5.91 Å². The lowest BCUT2D eigenvalue weighted by molar-refractivity contribution is 0.102. The standard InChI is InChI=1S/C15H12IN3O/c16-10-4-2-5-11(8-10)18-15(20)13-7-9-3-1-6-12(17)14(9)19-13/h1-8,19H,17H2,(H,18,20). The topological polar surface area (TPSA) is 70.9 Å². The van der Waals surface area contributed by atoms with Gasteiger partial charge in [0.15, 0.2) is 0 Å². The molecule has 1 amide bonds. The molecule has 0 aliphatic heterocycles. The Kier molecular flexibility index (Phi) is 3.35. The molecule has 0 aliphatic rings. The highest BCUT2D eigenvalue weighted by molar-refractivity contribution is 14.1. The van der Waals surface area contributed by atoms with Crippen LogP contribution in [0.25, 0.3) is 10.9 Å². The highest BCUT2D eigenvalue weighted by Gasteiger charge is 2.11. The van der Waals surface area contributed by atoms with Crippen molar-refractivity contribution in [2.45, 2.75) is 0 Å². The number of H-pyrrole nitrogens is 1. The molecule has 5 heteroatoms. The molecule has 4 N–H and O–H groups in total. The molecule has 0 spiro atoms. The molecule has 100 valence electrons. The minimum Gasteiger partial charge on any atom is -0.397 e. The van der Waals surface area contributed by atoms with Gasteiger partial charge in [-0.2, -0.15) is 0 Å². The number of benzene rings is 2. The fourth-order valence-electron chi connectivity index (χ4n) is 2.07. The van der Waals surface area contributed by atoms with Gasteiger partial charge in [0.05, 0.1) is 11.2 Å². The molecule has 1 aromatic heterocycles. The molecule has 0 saturated heterocycles. The van der Waals surface area contributed by atoms with E-state index in [0.717, 1.165) is 20.2 Å². The number of carbonyl (C=O) groups is 1. The lowest BCUT2D eigenvalue weighted by Crippen LogP contribution is -2.12. The number of fused-ring (bicyclic) bond motifs is 1. The second kappa shape index (κ2) is 5.16. The Morgan fingerprint density at radius 3 is 2.70 bits per heavy atom. The van der Waals surface area contributed by atoms with Crippen LogP contribution in [0.5, 0.6) is 0 Å². The van der Waals surface area contributed by atoms with Gasteiger partial charge in [-0.1, -0.05) is 18.2 Å².